The molecule has 2 heterocycles. The van der Waals surface area contributed by atoms with Crippen molar-refractivity contribution < 1.29 is 14.0 Å². The van der Waals surface area contributed by atoms with Crippen molar-refractivity contribution in [3.05, 3.63) is 63.2 Å². The molecule has 1 aliphatic heterocycles. The average Bonchev–Trinajstić information content (AvgIpc) is 2.73. The fourth-order valence-corrected chi connectivity index (χ4v) is 3.53. The minimum Gasteiger partial charge on any atom is -0.427 e. The number of piperidine rings is 1. The number of hydrogen-bond acceptors (Lipinski definition) is 5. The quantitative estimate of drug-likeness (QED) is 0.695. The number of hydrogen-bond donors (Lipinski definition) is 3. The van der Waals surface area contributed by atoms with E-state index in [0.29, 0.717) is 29.9 Å². The molecule has 7 heteroatoms. The van der Waals surface area contributed by atoms with E-state index in [1.54, 1.807) is 32.2 Å². The van der Waals surface area contributed by atoms with Crippen molar-refractivity contribution in [1.82, 2.24) is 10.6 Å². The number of rotatable bonds is 6. The number of aryl methyl sites for hydroxylation is 2. The van der Waals surface area contributed by atoms with Crippen LogP contribution < -0.4 is 21.6 Å². The van der Waals surface area contributed by atoms with Crippen molar-refractivity contribution in [3.63, 3.8) is 0 Å². The minimum atomic E-state index is -0.606. The zero-order valence-electron chi connectivity index (χ0n) is 16.8. The third-order valence-electron chi connectivity index (χ3n) is 5.23. The van der Waals surface area contributed by atoms with Crippen LogP contribution in [0, 0.1) is 6.92 Å². The molecule has 0 aliphatic carbocycles. The Morgan fingerprint density at radius 1 is 1.24 bits per heavy atom. The predicted octanol–water partition coefficient (Wildman–Crippen LogP) is 2.35. The molecule has 7 nitrogen and oxygen atoms in total. The highest BCUT2D eigenvalue weighted by atomic mass is 16.4. The molecule has 1 atom stereocenters. The lowest BCUT2D eigenvalue weighted by Gasteiger charge is -2.22. The Morgan fingerprint density at radius 2 is 2.00 bits per heavy atom. The first-order valence-electron chi connectivity index (χ1n) is 9.94. The molecule has 1 saturated heterocycles. The summed E-state index contributed by atoms with van der Waals surface area (Å²) in [6, 6.07) is 9.03. The lowest BCUT2D eigenvalue weighted by molar-refractivity contribution is -0.120. The summed E-state index contributed by atoms with van der Waals surface area (Å²) in [5.74, 6) is 0.297. The van der Waals surface area contributed by atoms with Crippen LogP contribution in [0.1, 0.15) is 52.4 Å². The molecule has 2 aromatic rings. The van der Waals surface area contributed by atoms with E-state index in [0.717, 1.165) is 31.5 Å². The topological polar surface area (TPSA) is 100 Å². The first-order valence-corrected chi connectivity index (χ1v) is 9.94. The van der Waals surface area contributed by atoms with E-state index in [9.17, 15) is 14.4 Å². The van der Waals surface area contributed by atoms with Crippen LogP contribution in [0.4, 0.5) is 5.69 Å². The van der Waals surface area contributed by atoms with Gasteiger partial charge in [-0.3, -0.25) is 9.59 Å². The van der Waals surface area contributed by atoms with Crippen molar-refractivity contribution in [2.45, 2.75) is 38.5 Å². The number of carbonyl (C=O) groups is 2. The molecule has 154 valence electrons. The molecule has 0 spiro atoms. The standard InChI is InChI=1S/C22H27N3O4/c1-14-12-18(16-4-3-11-24-13-16)29-22(28)20(14)21(27)25-17-8-5-15(6-9-17)7-10-19(26)23-2/h5-6,8-9,12,16,24H,3-4,7,10-11,13H2,1-2H3,(H,23,26)(H,25,27). The third-order valence-corrected chi connectivity index (χ3v) is 5.23. The van der Waals surface area contributed by atoms with Gasteiger partial charge in [0.05, 0.1) is 0 Å². The molecule has 2 amide bonds. The highest BCUT2D eigenvalue weighted by molar-refractivity contribution is 6.04. The van der Waals surface area contributed by atoms with Crippen LogP contribution in [-0.2, 0) is 11.2 Å². The summed E-state index contributed by atoms with van der Waals surface area (Å²) in [5.41, 5.74) is 1.61. The van der Waals surface area contributed by atoms with Gasteiger partial charge in [0.25, 0.3) is 5.91 Å². The molecule has 1 unspecified atom stereocenters. The van der Waals surface area contributed by atoms with Crippen LogP contribution >= 0.6 is 0 Å². The van der Waals surface area contributed by atoms with Crippen molar-refractivity contribution in [2.24, 2.45) is 0 Å². The Hall–Kier alpha value is -2.93. The molecule has 1 fully saturated rings. The maximum Gasteiger partial charge on any atom is 0.349 e. The van der Waals surface area contributed by atoms with Crippen molar-refractivity contribution in [1.29, 1.82) is 0 Å². The minimum absolute atomic E-state index is 0.0166. The number of amides is 2. The monoisotopic (exact) mass is 397 g/mol. The van der Waals surface area contributed by atoms with Gasteiger partial charge in [0.1, 0.15) is 11.3 Å². The van der Waals surface area contributed by atoms with E-state index < -0.39 is 11.5 Å². The first-order chi connectivity index (χ1) is 14.0. The maximum atomic E-state index is 12.6. The van der Waals surface area contributed by atoms with Gasteiger partial charge in [0.2, 0.25) is 5.91 Å². The summed E-state index contributed by atoms with van der Waals surface area (Å²) >= 11 is 0. The summed E-state index contributed by atoms with van der Waals surface area (Å²) in [5, 5.41) is 8.64. The molecule has 1 aromatic carbocycles. The summed E-state index contributed by atoms with van der Waals surface area (Å²) in [6.45, 7) is 3.51. The van der Waals surface area contributed by atoms with Gasteiger partial charge in [0.15, 0.2) is 0 Å². The molecule has 29 heavy (non-hydrogen) atoms. The SMILES string of the molecule is CNC(=O)CCc1ccc(NC(=O)c2c(C)cc(C3CCCNC3)oc2=O)cc1. The molecule has 1 aliphatic rings. The highest BCUT2D eigenvalue weighted by Crippen LogP contribution is 2.24. The zero-order chi connectivity index (χ0) is 20.8. The number of carbonyl (C=O) groups excluding carboxylic acids is 2. The Kier molecular flexibility index (Phi) is 6.82. The molecule has 0 bridgehead atoms. The third kappa shape index (κ3) is 5.32. The van der Waals surface area contributed by atoms with Crippen LogP contribution in [0.3, 0.4) is 0 Å². The lowest BCUT2D eigenvalue weighted by atomic mass is 9.95. The predicted molar refractivity (Wildman–Crippen MR) is 111 cm³/mol. The molecular weight excluding hydrogens is 370 g/mol. The second-order valence-corrected chi connectivity index (χ2v) is 7.36. The van der Waals surface area contributed by atoms with Crippen molar-refractivity contribution in [2.75, 3.05) is 25.5 Å². The summed E-state index contributed by atoms with van der Waals surface area (Å²) in [6.07, 6.45) is 3.03. The van der Waals surface area contributed by atoms with Gasteiger partial charge in [-0.25, -0.2) is 4.79 Å². The normalized spacial score (nSPS) is 16.3. The second-order valence-electron chi connectivity index (χ2n) is 7.36. The van der Waals surface area contributed by atoms with E-state index >= 15 is 0 Å². The number of benzene rings is 1. The van der Waals surface area contributed by atoms with Crippen LogP contribution in [0.5, 0.6) is 0 Å². The summed E-state index contributed by atoms with van der Waals surface area (Å²) in [7, 11) is 1.61. The fraction of sp³-hybridized carbons (Fsp3) is 0.409. The Labute approximate surface area is 169 Å². The van der Waals surface area contributed by atoms with Gasteiger partial charge < -0.3 is 20.4 Å². The molecule has 3 rings (SSSR count). The molecular formula is C22H27N3O4. The Bertz CT molecular complexity index is 928. The second kappa shape index (κ2) is 9.52. The van der Waals surface area contributed by atoms with Gasteiger partial charge >= 0.3 is 5.63 Å². The van der Waals surface area contributed by atoms with Gasteiger partial charge in [-0.05, 0) is 62.1 Å². The zero-order valence-corrected chi connectivity index (χ0v) is 16.8. The van der Waals surface area contributed by atoms with E-state index in [-0.39, 0.29) is 17.4 Å². The van der Waals surface area contributed by atoms with Gasteiger partial charge in [-0.1, -0.05) is 12.1 Å². The number of nitrogens with one attached hydrogen (secondary N) is 3. The summed E-state index contributed by atoms with van der Waals surface area (Å²) < 4.78 is 5.48. The average molecular weight is 397 g/mol. The largest absolute Gasteiger partial charge is 0.427 e. The van der Waals surface area contributed by atoms with Crippen LogP contribution in [-0.4, -0.2) is 32.0 Å². The smallest absolute Gasteiger partial charge is 0.349 e. The number of anilines is 1. The Balaban J connectivity index is 1.68. The van der Waals surface area contributed by atoms with Crippen LogP contribution in [0.25, 0.3) is 0 Å². The van der Waals surface area contributed by atoms with E-state index in [1.165, 1.54) is 0 Å². The van der Waals surface area contributed by atoms with Crippen molar-refractivity contribution in [3.8, 4) is 0 Å². The van der Waals surface area contributed by atoms with Gasteiger partial charge in [0, 0.05) is 31.6 Å². The lowest BCUT2D eigenvalue weighted by Crippen LogP contribution is -2.30. The highest BCUT2D eigenvalue weighted by Gasteiger charge is 2.22. The van der Waals surface area contributed by atoms with Crippen LogP contribution in [0.2, 0.25) is 0 Å². The van der Waals surface area contributed by atoms with E-state index in [2.05, 4.69) is 16.0 Å². The van der Waals surface area contributed by atoms with Gasteiger partial charge in [-0.2, -0.15) is 0 Å². The van der Waals surface area contributed by atoms with Crippen molar-refractivity contribution >= 4 is 17.5 Å². The van der Waals surface area contributed by atoms with E-state index in [4.69, 9.17) is 4.42 Å². The van der Waals surface area contributed by atoms with Crippen LogP contribution in [0.15, 0.2) is 39.5 Å². The Morgan fingerprint density at radius 3 is 2.62 bits per heavy atom. The molecule has 0 saturated carbocycles. The fourth-order valence-electron chi connectivity index (χ4n) is 3.53. The molecule has 1 aromatic heterocycles. The maximum absolute atomic E-state index is 12.6. The summed E-state index contributed by atoms with van der Waals surface area (Å²) in [4.78, 5) is 36.5. The molecule has 0 radical (unpaired) electrons. The van der Waals surface area contributed by atoms with Gasteiger partial charge in [-0.15, -0.1) is 0 Å². The molecule has 3 N–H and O–H groups in total. The van der Waals surface area contributed by atoms with E-state index in [1.807, 2.05) is 12.1 Å². The first kappa shape index (κ1) is 20.8.